The second-order valence-electron chi connectivity index (χ2n) is 4.30. The van der Waals surface area contributed by atoms with Gasteiger partial charge in [0.1, 0.15) is 4.83 Å². The fourth-order valence-corrected chi connectivity index (χ4v) is 3.10. The van der Waals surface area contributed by atoms with Crippen molar-refractivity contribution >= 4 is 21.9 Å². The van der Waals surface area contributed by atoms with Crippen molar-refractivity contribution in [2.45, 2.75) is 29.5 Å². The Bertz CT molecular complexity index is 439. The van der Waals surface area contributed by atoms with Crippen molar-refractivity contribution in [2.75, 3.05) is 0 Å². The minimum absolute atomic E-state index is 0.0119. The van der Waals surface area contributed by atoms with Crippen LogP contribution in [0.25, 0.3) is 0 Å². The lowest BCUT2D eigenvalue weighted by Gasteiger charge is -2.24. The maximum Gasteiger partial charge on any atom is 0.308 e. The molecule has 5 heteroatoms. The predicted octanol–water partition coefficient (Wildman–Crippen LogP) is 2.06. The average molecular weight is 298 g/mol. The summed E-state index contributed by atoms with van der Waals surface area (Å²) in [4.78, 5) is 16.7. The molecule has 1 spiro atoms. The first kappa shape index (κ1) is 11.2. The van der Waals surface area contributed by atoms with E-state index in [1.54, 1.807) is 0 Å². The SMILES string of the molecule is O=C1CCC2(ONC(c3ccccc3)[C@@H]2Br)O1. The first-order chi connectivity index (χ1) is 8.21. The molecular weight excluding hydrogens is 286 g/mol. The van der Waals surface area contributed by atoms with E-state index in [9.17, 15) is 4.79 Å². The molecule has 0 bridgehead atoms. The summed E-state index contributed by atoms with van der Waals surface area (Å²) in [6.45, 7) is 0. The number of alkyl halides is 1. The summed E-state index contributed by atoms with van der Waals surface area (Å²) < 4.78 is 5.30. The highest BCUT2D eigenvalue weighted by atomic mass is 79.9. The fraction of sp³-hybridized carbons (Fsp3) is 0.417. The molecule has 0 aliphatic carbocycles. The van der Waals surface area contributed by atoms with Crippen molar-refractivity contribution in [3.8, 4) is 0 Å². The number of esters is 1. The number of nitrogens with one attached hydrogen (secondary N) is 1. The summed E-state index contributed by atoms with van der Waals surface area (Å²) in [6, 6.07) is 9.94. The molecular formula is C12H12BrNO3. The van der Waals surface area contributed by atoms with Crippen LogP contribution in [0, 0.1) is 0 Å². The van der Waals surface area contributed by atoms with Gasteiger partial charge in [0.15, 0.2) is 0 Å². The highest BCUT2D eigenvalue weighted by Crippen LogP contribution is 2.45. The lowest BCUT2D eigenvalue weighted by molar-refractivity contribution is -0.208. The molecule has 2 unspecified atom stereocenters. The second kappa shape index (κ2) is 4.08. The van der Waals surface area contributed by atoms with Gasteiger partial charge in [-0.2, -0.15) is 5.48 Å². The highest BCUT2D eigenvalue weighted by molar-refractivity contribution is 9.09. The number of ether oxygens (including phenoxy) is 1. The van der Waals surface area contributed by atoms with Gasteiger partial charge in [-0.25, -0.2) is 0 Å². The van der Waals surface area contributed by atoms with Crippen molar-refractivity contribution in [2.24, 2.45) is 0 Å². The lowest BCUT2D eigenvalue weighted by atomic mass is 9.99. The van der Waals surface area contributed by atoms with E-state index in [0.717, 1.165) is 5.56 Å². The monoisotopic (exact) mass is 297 g/mol. The summed E-state index contributed by atoms with van der Waals surface area (Å²) >= 11 is 3.59. The Balaban J connectivity index is 1.85. The predicted molar refractivity (Wildman–Crippen MR) is 64.2 cm³/mol. The molecule has 1 aromatic carbocycles. The first-order valence-corrected chi connectivity index (χ1v) is 6.47. The third-order valence-corrected chi connectivity index (χ3v) is 4.42. The third kappa shape index (κ3) is 1.78. The van der Waals surface area contributed by atoms with E-state index in [1.807, 2.05) is 30.3 Å². The van der Waals surface area contributed by atoms with Crippen LogP contribution in [0.5, 0.6) is 0 Å². The molecule has 0 amide bonds. The van der Waals surface area contributed by atoms with E-state index in [0.29, 0.717) is 12.8 Å². The van der Waals surface area contributed by atoms with Crippen LogP contribution in [0.3, 0.4) is 0 Å². The van der Waals surface area contributed by atoms with E-state index in [2.05, 4.69) is 21.4 Å². The Morgan fingerprint density at radius 1 is 1.35 bits per heavy atom. The molecule has 1 N–H and O–H groups in total. The van der Waals surface area contributed by atoms with Gasteiger partial charge in [-0.05, 0) is 5.56 Å². The standard InChI is InChI=1S/C12H12BrNO3/c13-11-10(8-4-2-1-3-5-8)14-17-12(11)7-6-9(15)16-12/h1-5,10-11,14H,6-7H2/t10?,11-,12?/m0/s1. The van der Waals surface area contributed by atoms with Crippen LogP contribution in [0.1, 0.15) is 24.4 Å². The van der Waals surface area contributed by atoms with E-state index in [-0.39, 0.29) is 16.8 Å². The molecule has 90 valence electrons. The van der Waals surface area contributed by atoms with Gasteiger partial charge < -0.3 is 4.74 Å². The van der Waals surface area contributed by atoms with Gasteiger partial charge in [-0.1, -0.05) is 46.3 Å². The molecule has 2 fully saturated rings. The molecule has 3 rings (SSSR count). The van der Waals surface area contributed by atoms with E-state index >= 15 is 0 Å². The second-order valence-corrected chi connectivity index (χ2v) is 5.28. The smallest absolute Gasteiger partial charge is 0.308 e. The molecule has 2 heterocycles. The highest BCUT2D eigenvalue weighted by Gasteiger charge is 2.55. The van der Waals surface area contributed by atoms with Gasteiger partial charge in [0, 0.05) is 6.42 Å². The lowest BCUT2D eigenvalue weighted by Crippen LogP contribution is -2.36. The van der Waals surface area contributed by atoms with Crippen molar-refractivity contribution in [1.29, 1.82) is 0 Å². The minimum atomic E-state index is -0.850. The molecule has 0 saturated carbocycles. The zero-order valence-corrected chi connectivity index (χ0v) is 10.6. The van der Waals surface area contributed by atoms with Crippen molar-refractivity contribution in [3.05, 3.63) is 35.9 Å². The molecule has 2 aliphatic heterocycles. The molecule has 0 aromatic heterocycles. The Morgan fingerprint density at radius 2 is 2.12 bits per heavy atom. The van der Waals surface area contributed by atoms with Crippen LogP contribution >= 0.6 is 15.9 Å². The van der Waals surface area contributed by atoms with Crippen LogP contribution < -0.4 is 5.48 Å². The molecule has 2 saturated heterocycles. The number of benzene rings is 1. The Morgan fingerprint density at radius 3 is 2.76 bits per heavy atom. The van der Waals surface area contributed by atoms with Crippen LogP contribution in [0.4, 0.5) is 0 Å². The van der Waals surface area contributed by atoms with Gasteiger partial charge in [-0.3, -0.25) is 9.63 Å². The minimum Gasteiger partial charge on any atom is -0.430 e. The fourth-order valence-electron chi connectivity index (χ4n) is 2.27. The maximum absolute atomic E-state index is 11.2. The topological polar surface area (TPSA) is 47.6 Å². The number of halogens is 1. The number of rotatable bonds is 1. The normalized spacial score (nSPS) is 36.4. The Kier molecular flexibility index (Phi) is 2.69. The zero-order chi connectivity index (χ0) is 11.9. The molecule has 2 aliphatic rings. The third-order valence-electron chi connectivity index (χ3n) is 3.19. The number of carbonyl (C=O) groups excluding carboxylic acids is 1. The van der Waals surface area contributed by atoms with E-state index in [1.165, 1.54) is 0 Å². The Labute approximate surface area is 107 Å². The molecule has 0 radical (unpaired) electrons. The van der Waals surface area contributed by atoms with Gasteiger partial charge in [-0.15, -0.1) is 0 Å². The Hall–Kier alpha value is -0.910. The van der Waals surface area contributed by atoms with Crippen LogP contribution in [-0.4, -0.2) is 16.6 Å². The van der Waals surface area contributed by atoms with Crippen molar-refractivity contribution in [1.82, 2.24) is 5.48 Å². The largest absolute Gasteiger partial charge is 0.430 e. The number of carbonyl (C=O) groups is 1. The average Bonchev–Trinajstić information content (AvgIpc) is 2.87. The van der Waals surface area contributed by atoms with Gasteiger partial charge in [0.05, 0.1) is 12.5 Å². The quantitative estimate of drug-likeness (QED) is 0.637. The maximum atomic E-state index is 11.2. The van der Waals surface area contributed by atoms with Crippen LogP contribution in [0.2, 0.25) is 0 Å². The molecule has 4 nitrogen and oxygen atoms in total. The summed E-state index contributed by atoms with van der Waals surface area (Å²) in [5, 5.41) is 0. The van der Waals surface area contributed by atoms with Crippen molar-refractivity contribution in [3.63, 3.8) is 0 Å². The zero-order valence-electron chi connectivity index (χ0n) is 9.06. The molecule has 3 atom stereocenters. The van der Waals surface area contributed by atoms with Crippen LogP contribution in [-0.2, 0) is 14.4 Å². The van der Waals surface area contributed by atoms with Gasteiger partial charge in [0.25, 0.3) is 0 Å². The van der Waals surface area contributed by atoms with E-state index < -0.39 is 5.79 Å². The summed E-state index contributed by atoms with van der Waals surface area (Å²) in [5.74, 6) is -1.05. The van der Waals surface area contributed by atoms with Gasteiger partial charge in [0.2, 0.25) is 5.79 Å². The summed E-state index contributed by atoms with van der Waals surface area (Å²) in [6.07, 6.45) is 0.989. The molecule has 17 heavy (non-hydrogen) atoms. The molecule has 1 aromatic rings. The first-order valence-electron chi connectivity index (χ1n) is 5.56. The number of hydroxylamine groups is 1. The van der Waals surface area contributed by atoms with E-state index in [4.69, 9.17) is 9.57 Å². The van der Waals surface area contributed by atoms with Crippen molar-refractivity contribution < 1.29 is 14.4 Å². The van der Waals surface area contributed by atoms with Gasteiger partial charge >= 0.3 is 5.97 Å². The number of hydrogen-bond donors (Lipinski definition) is 1. The summed E-state index contributed by atoms with van der Waals surface area (Å²) in [5.41, 5.74) is 4.06. The summed E-state index contributed by atoms with van der Waals surface area (Å²) in [7, 11) is 0. The van der Waals surface area contributed by atoms with Crippen LogP contribution in [0.15, 0.2) is 30.3 Å². The number of hydrogen-bond acceptors (Lipinski definition) is 4.